The van der Waals surface area contributed by atoms with E-state index in [9.17, 15) is 17.6 Å². The van der Waals surface area contributed by atoms with Gasteiger partial charge in [0.1, 0.15) is 11.6 Å². The van der Waals surface area contributed by atoms with Crippen LogP contribution in [0.4, 0.5) is 17.6 Å². The second kappa shape index (κ2) is 10.3. The van der Waals surface area contributed by atoms with Crippen LogP contribution < -0.4 is 0 Å². The highest BCUT2D eigenvalue weighted by Gasteiger charge is 2.23. The summed E-state index contributed by atoms with van der Waals surface area (Å²) in [4.78, 5) is 0. The van der Waals surface area contributed by atoms with Crippen molar-refractivity contribution in [2.75, 3.05) is 0 Å². The molecule has 0 bridgehead atoms. The smallest absolute Gasteiger partial charge is 0.159 e. The quantitative estimate of drug-likeness (QED) is 0.213. The molecule has 0 heterocycles. The second-order valence-electron chi connectivity index (χ2n) is 8.80. The van der Waals surface area contributed by atoms with E-state index >= 15 is 0 Å². The summed E-state index contributed by atoms with van der Waals surface area (Å²) in [6, 6.07) is 9.81. The van der Waals surface area contributed by atoms with E-state index in [2.05, 4.69) is 24.0 Å². The first-order chi connectivity index (χ1) is 15.9. The van der Waals surface area contributed by atoms with Gasteiger partial charge in [-0.1, -0.05) is 30.1 Å². The van der Waals surface area contributed by atoms with Gasteiger partial charge in [0.15, 0.2) is 11.6 Å². The molecule has 4 heteroatoms. The molecule has 0 radical (unpaired) electrons. The minimum Gasteiger partial charge on any atom is -0.206 e. The Bertz CT molecular complexity index is 1210. The standard InChI is InChI=1S/C29H26F4/c1-2-3-4-5-19-6-10-21(11-7-19)24-16-26(30)25(27(31)17-24)13-9-20-8-12-22-15-28(32)29(33)18-23(22)14-20/h2-3,8,12,14-19,21H,4-7,10-11H2,1H3/b3-2+. The molecule has 0 atom stereocenters. The number of hydrogen-bond donors (Lipinski definition) is 0. The number of benzene rings is 3. The fraction of sp³-hybridized carbons (Fsp3) is 0.310. The molecule has 1 saturated carbocycles. The minimum absolute atomic E-state index is 0.171. The molecule has 0 unspecified atom stereocenters. The Morgan fingerprint density at radius 3 is 2.12 bits per heavy atom. The summed E-state index contributed by atoms with van der Waals surface area (Å²) in [7, 11) is 0. The number of rotatable bonds is 4. The molecule has 3 aromatic carbocycles. The molecule has 0 N–H and O–H groups in total. The number of hydrogen-bond acceptors (Lipinski definition) is 0. The van der Waals surface area contributed by atoms with Crippen molar-refractivity contribution in [3.63, 3.8) is 0 Å². The highest BCUT2D eigenvalue weighted by atomic mass is 19.2. The molecule has 170 valence electrons. The first-order valence-electron chi connectivity index (χ1n) is 11.5. The fourth-order valence-electron chi connectivity index (χ4n) is 4.69. The molecule has 4 rings (SSSR count). The Hall–Kier alpha value is -3.06. The normalized spacial score (nSPS) is 18.5. The van der Waals surface area contributed by atoms with E-state index in [-0.39, 0.29) is 11.5 Å². The lowest BCUT2D eigenvalue weighted by atomic mass is 9.77. The van der Waals surface area contributed by atoms with Gasteiger partial charge in [0.05, 0.1) is 5.56 Å². The topological polar surface area (TPSA) is 0 Å². The summed E-state index contributed by atoms with van der Waals surface area (Å²) >= 11 is 0. The predicted molar refractivity (Wildman–Crippen MR) is 125 cm³/mol. The predicted octanol–water partition coefficient (Wildman–Crippen LogP) is 8.43. The third kappa shape index (κ3) is 5.47. The van der Waals surface area contributed by atoms with Crippen LogP contribution in [0.1, 0.15) is 68.1 Å². The van der Waals surface area contributed by atoms with Gasteiger partial charge in [0.25, 0.3) is 0 Å². The highest BCUT2D eigenvalue weighted by Crippen LogP contribution is 2.38. The van der Waals surface area contributed by atoms with Gasteiger partial charge in [-0.3, -0.25) is 0 Å². The van der Waals surface area contributed by atoms with Gasteiger partial charge >= 0.3 is 0 Å². The summed E-state index contributed by atoms with van der Waals surface area (Å²) in [5.74, 6) is 2.98. The highest BCUT2D eigenvalue weighted by molar-refractivity contribution is 5.84. The average molecular weight is 451 g/mol. The largest absolute Gasteiger partial charge is 0.206 e. The minimum atomic E-state index is -0.952. The summed E-state index contributed by atoms with van der Waals surface area (Å²) < 4.78 is 56.4. The summed E-state index contributed by atoms with van der Waals surface area (Å²) in [5, 5.41) is 0.996. The maximum Gasteiger partial charge on any atom is 0.159 e. The van der Waals surface area contributed by atoms with Crippen LogP contribution in [-0.4, -0.2) is 0 Å². The number of allylic oxidation sites excluding steroid dienone is 2. The lowest BCUT2D eigenvalue weighted by Gasteiger charge is -2.28. The Morgan fingerprint density at radius 2 is 1.45 bits per heavy atom. The first kappa shape index (κ1) is 23.1. The Kier molecular flexibility index (Phi) is 7.18. The van der Waals surface area contributed by atoms with E-state index < -0.39 is 23.3 Å². The zero-order chi connectivity index (χ0) is 23.4. The van der Waals surface area contributed by atoms with Crippen molar-refractivity contribution in [2.45, 2.75) is 51.4 Å². The van der Waals surface area contributed by atoms with Crippen LogP contribution in [0.3, 0.4) is 0 Å². The summed E-state index contributed by atoms with van der Waals surface area (Å²) in [5.41, 5.74) is 0.891. The lowest BCUT2D eigenvalue weighted by molar-refractivity contribution is 0.311. The van der Waals surface area contributed by atoms with Crippen molar-refractivity contribution < 1.29 is 17.6 Å². The monoisotopic (exact) mass is 450 g/mol. The van der Waals surface area contributed by atoms with Gasteiger partial charge in [0.2, 0.25) is 0 Å². The molecule has 3 aromatic rings. The molecular formula is C29H26F4. The summed E-state index contributed by atoms with van der Waals surface area (Å²) in [6.45, 7) is 2.03. The van der Waals surface area contributed by atoms with E-state index in [4.69, 9.17) is 0 Å². The van der Waals surface area contributed by atoms with E-state index in [0.717, 1.165) is 44.2 Å². The van der Waals surface area contributed by atoms with Crippen molar-refractivity contribution in [2.24, 2.45) is 5.92 Å². The summed E-state index contributed by atoms with van der Waals surface area (Å²) in [6.07, 6.45) is 10.6. The number of halogens is 4. The Balaban J connectivity index is 1.49. The van der Waals surface area contributed by atoms with Crippen LogP contribution >= 0.6 is 0 Å². The molecule has 0 nitrogen and oxygen atoms in total. The molecule has 1 fully saturated rings. The van der Waals surface area contributed by atoms with Crippen molar-refractivity contribution >= 4 is 10.8 Å². The third-order valence-corrected chi connectivity index (χ3v) is 6.57. The van der Waals surface area contributed by atoms with Crippen LogP contribution in [0.15, 0.2) is 54.6 Å². The zero-order valence-electron chi connectivity index (χ0n) is 18.6. The maximum atomic E-state index is 14.8. The molecule has 0 spiro atoms. The molecule has 1 aliphatic carbocycles. The van der Waals surface area contributed by atoms with E-state index in [0.29, 0.717) is 27.8 Å². The lowest BCUT2D eigenvalue weighted by Crippen LogP contribution is -2.14. The van der Waals surface area contributed by atoms with Gasteiger partial charge in [-0.2, -0.15) is 0 Å². The van der Waals surface area contributed by atoms with E-state index in [1.54, 1.807) is 18.2 Å². The van der Waals surface area contributed by atoms with Gasteiger partial charge < -0.3 is 0 Å². The van der Waals surface area contributed by atoms with Crippen LogP contribution in [0.2, 0.25) is 0 Å². The van der Waals surface area contributed by atoms with Crippen LogP contribution in [-0.2, 0) is 0 Å². The number of fused-ring (bicyclic) bond motifs is 1. The SMILES string of the molecule is C/C=C/CCC1CCC(c2cc(F)c(C#Cc3ccc4cc(F)c(F)cc4c3)c(F)c2)CC1. The molecule has 0 amide bonds. The Labute approximate surface area is 192 Å². The molecule has 0 saturated heterocycles. The molecule has 33 heavy (non-hydrogen) atoms. The van der Waals surface area contributed by atoms with Crippen molar-refractivity contribution in [3.05, 3.63) is 94.6 Å². The van der Waals surface area contributed by atoms with Crippen molar-refractivity contribution in [1.29, 1.82) is 0 Å². The molecule has 1 aliphatic rings. The van der Waals surface area contributed by atoms with Crippen molar-refractivity contribution in [1.82, 2.24) is 0 Å². The molecular weight excluding hydrogens is 424 g/mol. The molecule has 0 aromatic heterocycles. The Morgan fingerprint density at radius 1 is 0.788 bits per heavy atom. The maximum absolute atomic E-state index is 14.8. The van der Waals surface area contributed by atoms with E-state index in [1.165, 1.54) is 18.6 Å². The van der Waals surface area contributed by atoms with Gasteiger partial charge in [-0.15, -0.1) is 0 Å². The van der Waals surface area contributed by atoms with Crippen LogP contribution in [0.5, 0.6) is 0 Å². The van der Waals surface area contributed by atoms with Crippen LogP contribution in [0.25, 0.3) is 10.8 Å². The third-order valence-electron chi connectivity index (χ3n) is 6.57. The zero-order valence-corrected chi connectivity index (χ0v) is 18.6. The fourth-order valence-corrected chi connectivity index (χ4v) is 4.69. The second-order valence-corrected chi connectivity index (χ2v) is 8.80. The van der Waals surface area contributed by atoms with Crippen molar-refractivity contribution in [3.8, 4) is 11.8 Å². The van der Waals surface area contributed by atoms with Gasteiger partial charge in [0, 0.05) is 5.56 Å². The van der Waals surface area contributed by atoms with Gasteiger partial charge in [-0.25, -0.2) is 17.6 Å². The average Bonchev–Trinajstić information content (AvgIpc) is 2.80. The van der Waals surface area contributed by atoms with E-state index in [1.807, 2.05) is 6.92 Å². The van der Waals surface area contributed by atoms with Crippen LogP contribution in [0, 0.1) is 41.0 Å². The first-order valence-corrected chi connectivity index (χ1v) is 11.5. The molecule has 0 aliphatic heterocycles. The van der Waals surface area contributed by atoms with Gasteiger partial charge in [-0.05, 0) is 110 Å².